The van der Waals surface area contributed by atoms with Crippen molar-refractivity contribution >= 4 is 5.95 Å². The lowest BCUT2D eigenvalue weighted by molar-refractivity contribution is 0.0966. The van der Waals surface area contributed by atoms with E-state index in [0.29, 0.717) is 11.6 Å². The number of nitriles is 1. The minimum Gasteiger partial charge on any atom is -0.393 e. The Morgan fingerprint density at radius 3 is 2.94 bits per heavy atom. The third-order valence-corrected chi connectivity index (χ3v) is 3.10. The number of anilines is 1. The van der Waals surface area contributed by atoms with Crippen LogP contribution in [-0.4, -0.2) is 34.3 Å². The summed E-state index contributed by atoms with van der Waals surface area (Å²) in [6.07, 6.45) is 0.479. The third-order valence-electron chi connectivity index (χ3n) is 3.10. The van der Waals surface area contributed by atoms with Gasteiger partial charge >= 0.3 is 0 Å². The Morgan fingerprint density at radius 2 is 2.29 bits per heavy atom. The molecule has 5 nitrogen and oxygen atoms in total. The van der Waals surface area contributed by atoms with E-state index in [-0.39, 0.29) is 12.0 Å². The molecule has 1 aliphatic rings. The Hall–Kier alpha value is -1.67. The van der Waals surface area contributed by atoms with Crippen LogP contribution in [0.3, 0.4) is 0 Å². The zero-order valence-corrected chi connectivity index (χ0v) is 10.1. The molecule has 1 aromatic heterocycles. The van der Waals surface area contributed by atoms with Crippen molar-refractivity contribution in [3.05, 3.63) is 17.5 Å². The number of aliphatic hydroxyl groups is 1. The van der Waals surface area contributed by atoms with E-state index in [4.69, 9.17) is 5.26 Å². The first-order valence-corrected chi connectivity index (χ1v) is 5.79. The quantitative estimate of drug-likeness (QED) is 0.777. The van der Waals surface area contributed by atoms with Gasteiger partial charge < -0.3 is 10.0 Å². The van der Waals surface area contributed by atoms with E-state index in [2.05, 4.69) is 9.97 Å². The zero-order chi connectivity index (χ0) is 12.4. The van der Waals surface area contributed by atoms with Crippen molar-refractivity contribution in [1.29, 1.82) is 5.26 Å². The molecule has 0 amide bonds. The number of aromatic nitrogens is 2. The predicted molar refractivity (Wildman–Crippen MR) is 63.5 cm³/mol. The number of rotatable bonds is 1. The van der Waals surface area contributed by atoms with E-state index in [1.54, 1.807) is 6.07 Å². The first kappa shape index (κ1) is 11.8. The molecule has 2 rings (SSSR count). The topological polar surface area (TPSA) is 73.0 Å². The summed E-state index contributed by atoms with van der Waals surface area (Å²) in [7, 11) is 0. The molecule has 0 radical (unpaired) electrons. The Morgan fingerprint density at radius 1 is 1.53 bits per heavy atom. The van der Waals surface area contributed by atoms with Crippen molar-refractivity contribution in [2.24, 2.45) is 5.92 Å². The maximum Gasteiger partial charge on any atom is 0.226 e. The molecule has 0 bridgehead atoms. The monoisotopic (exact) mass is 232 g/mol. The number of hydrogen-bond donors (Lipinski definition) is 1. The first-order chi connectivity index (χ1) is 8.10. The van der Waals surface area contributed by atoms with Crippen molar-refractivity contribution in [2.75, 3.05) is 18.0 Å². The van der Waals surface area contributed by atoms with E-state index in [9.17, 15) is 5.11 Å². The van der Waals surface area contributed by atoms with Crippen LogP contribution in [0.25, 0.3) is 0 Å². The van der Waals surface area contributed by atoms with Crippen LogP contribution in [-0.2, 0) is 0 Å². The Bertz CT molecular complexity index is 454. The molecular formula is C12H16N4O. The van der Waals surface area contributed by atoms with Gasteiger partial charge in [-0.1, -0.05) is 6.92 Å². The number of piperidine rings is 1. The summed E-state index contributed by atoms with van der Waals surface area (Å²) in [6, 6.07) is 3.71. The summed E-state index contributed by atoms with van der Waals surface area (Å²) in [5.74, 6) is 0.804. The van der Waals surface area contributed by atoms with Crippen LogP contribution in [0.5, 0.6) is 0 Å². The predicted octanol–water partition coefficient (Wildman–Crippen LogP) is 0.864. The molecule has 0 aromatic carbocycles. The van der Waals surface area contributed by atoms with E-state index >= 15 is 0 Å². The van der Waals surface area contributed by atoms with Crippen LogP contribution in [0.1, 0.15) is 24.7 Å². The molecule has 1 fully saturated rings. The number of aliphatic hydroxyl groups excluding tert-OH is 1. The average Bonchev–Trinajstić information content (AvgIpc) is 2.32. The molecule has 0 saturated carbocycles. The summed E-state index contributed by atoms with van der Waals surface area (Å²) >= 11 is 0. The van der Waals surface area contributed by atoms with Crippen molar-refractivity contribution in [3.8, 4) is 6.07 Å². The Labute approximate surface area is 101 Å². The summed E-state index contributed by atoms with van der Waals surface area (Å²) in [4.78, 5) is 10.6. The van der Waals surface area contributed by atoms with Gasteiger partial charge in [-0.3, -0.25) is 0 Å². The Balaban J connectivity index is 2.23. The van der Waals surface area contributed by atoms with Crippen LogP contribution in [0.2, 0.25) is 0 Å². The van der Waals surface area contributed by atoms with Gasteiger partial charge in [-0.2, -0.15) is 5.26 Å². The highest BCUT2D eigenvalue weighted by Crippen LogP contribution is 2.20. The van der Waals surface area contributed by atoms with Gasteiger partial charge in [0.05, 0.1) is 6.10 Å². The molecule has 0 aliphatic carbocycles. The van der Waals surface area contributed by atoms with Gasteiger partial charge in [-0.05, 0) is 25.3 Å². The standard InChI is InChI=1S/C12H16N4O/c1-8-7-16(4-3-11(8)17)12-14-9(2)5-10(6-13)15-12/h5,8,11,17H,3-4,7H2,1-2H3. The normalized spacial score (nSPS) is 24.5. The minimum atomic E-state index is -0.244. The summed E-state index contributed by atoms with van der Waals surface area (Å²) in [5.41, 5.74) is 1.19. The molecule has 2 heterocycles. The van der Waals surface area contributed by atoms with Gasteiger partial charge in [-0.25, -0.2) is 9.97 Å². The van der Waals surface area contributed by atoms with Crippen LogP contribution in [0.15, 0.2) is 6.07 Å². The van der Waals surface area contributed by atoms with Crippen LogP contribution >= 0.6 is 0 Å². The minimum absolute atomic E-state index is 0.207. The van der Waals surface area contributed by atoms with Gasteiger partial charge in [0.1, 0.15) is 11.8 Å². The fraction of sp³-hybridized carbons (Fsp3) is 0.583. The zero-order valence-electron chi connectivity index (χ0n) is 10.1. The molecular weight excluding hydrogens is 216 g/mol. The van der Waals surface area contributed by atoms with Crippen LogP contribution in [0, 0.1) is 24.2 Å². The second-order valence-corrected chi connectivity index (χ2v) is 4.59. The molecule has 5 heteroatoms. The van der Waals surface area contributed by atoms with E-state index in [0.717, 1.165) is 25.2 Å². The number of hydrogen-bond acceptors (Lipinski definition) is 5. The highest BCUT2D eigenvalue weighted by Gasteiger charge is 2.25. The van der Waals surface area contributed by atoms with Gasteiger partial charge in [-0.15, -0.1) is 0 Å². The summed E-state index contributed by atoms with van der Waals surface area (Å²) in [6.45, 7) is 5.33. The molecule has 0 spiro atoms. The van der Waals surface area contributed by atoms with Crippen LogP contribution in [0.4, 0.5) is 5.95 Å². The van der Waals surface area contributed by atoms with Gasteiger partial charge in [0, 0.05) is 18.8 Å². The van der Waals surface area contributed by atoms with Gasteiger partial charge in [0.25, 0.3) is 0 Å². The van der Waals surface area contributed by atoms with E-state index in [1.807, 2.05) is 24.8 Å². The maximum absolute atomic E-state index is 9.68. The summed E-state index contributed by atoms with van der Waals surface area (Å²) < 4.78 is 0. The summed E-state index contributed by atoms with van der Waals surface area (Å²) in [5, 5.41) is 18.6. The second kappa shape index (κ2) is 4.68. The number of aryl methyl sites for hydroxylation is 1. The smallest absolute Gasteiger partial charge is 0.226 e. The molecule has 1 saturated heterocycles. The van der Waals surface area contributed by atoms with Gasteiger partial charge in [0.15, 0.2) is 0 Å². The van der Waals surface area contributed by atoms with E-state index < -0.39 is 0 Å². The fourth-order valence-corrected chi connectivity index (χ4v) is 2.07. The lowest BCUT2D eigenvalue weighted by Crippen LogP contribution is -2.42. The van der Waals surface area contributed by atoms with E-state index in [1.165, 1.54) is 0 Å². The second-order valence-electron chi connectivity index (χ2n) is 4.59. The third kappa shape index (κ3) is 2.53. The SMILES string of the molecule is Cc1cc(C#N)nc(N2CCC(O)C(C)C2)n1. The molecule has 1 N–H and O–H groups in total. The van der Waals surface area contributed by atoms with Crippen LogP contribution < -0.4 is 4.90 Å². The van der Waals surface area contributed by atoms with Crippen molar-refractivity contribution in [1.82, 2.24) is 9.97 Å². The average molecular weight is 232 g/mol. The molecule has 2 unspecified atom stereocenters. The molecule has 1 aliphatic heterocycles. The number of nitrogens with zero attached hydrogens (tertiary/aromatic N) is 4. The molecule has 1 aromatic rings. The van der Waals surface area contributed by atoms with Gasteiger partial charge in [0.2, 0.25) is 5.95 Å². The van der Waals surface area contributed by atoms with Crippen molar-refractivity contribution < 1.29 is 5.11 Å². The van der Waals surface area contributed by atoms with Crippen molar-refractivity contribution in [3.63, 3.8) is 0 Å². The Kier molecular flexibility index (Phi) is 3.25. The molecule has 90 valence electrons. The van der Waals surface area contributed by atoms with Crippen molar-refractivity contribution in [2.45, 2.75) is 26.4 Å². The highest BCUT2D eigenvalue weighted by atomic mass is 16.3. The molecule has 2 atom stereocenters. The maximum atomic E-state index is 9.68. The lowest BCUT2D eigenvalue weighted by Gasteiger charge is -2.34. The highest BCUT2D eigenvalue weighted by molar-refractivity contribution is 5.36. The fourth-order valence-electron chi connectivity index (χ4n) is 2.07. The first-order valence-electron chi connectivity index (χ1n) is 5.79. The largest absolute Gasteiger partial charge is 0.393 e. The molecule has 17 heavy (non-hydrogen) atoms. The lowest BCUT2D eigenvalue weighted by atomic mass is 9.97.